The van der Waals surface area contributed by atoms with Gasteiger partial charge in [-0.25, -0.2) is 0 Å². The summed E-state index contributed by atoms with van der Waals surface area (Å²) in [6.07, 6.45) is 2.50. The van der Waals surface area contributed by atoms with Crippen LogP contribution in [-0.2, 0) is 9.53 Å². The van der Waals surface area contributed by atoms with Crippen molar-refractivity contribution < 1.29 is 9.53 Å². The van der Waals surface area contributed by atoms with E-state index in [1.54, 1.807) is 0 Å². The van der Waals surface area contributed by atoms with Crippen LogP contribution in [0.5, 0.6) is 0 Å². The zero-order valence-electron chi connectivity index (χ0n) is 10.9. The molecular formula is C12H25N3O2. The fourth-order valence-electron chi connectivity index (χ4n) is 2.07. The molecule has 1 saturated heterocycles. The standard InChI is InChI=1S/C12H25N3O2/c1-10-9-11(3-6-15(10)2)14-12(16)4-7-17-8-5-13/h10-11H,3-9,13H2,1-2H3,(H,14,16). The number of rotatable bonds is 6. The summed E-state index contributed by atoms with van der Waals surface area (Å²) in [4.78, 5) is 14.0. The SMILES string of the molecule is CC1CC(NC(=O)CCOCCN)CCN1C. The van der Waals surface area contributed by atoms with Gasteiger partial charge in [-0.3, -0.25) is 4.79 Å². The van der Waals surface area contributed by atoms with Gasteiger partial charge >= 0.3 is 0 Å². The van der Waals surface area contributed by atoms with Crippen LogP contribution >= 0.6 is 0 Å². The molecule has 1 aliphatic heterocycles. The molecule has 0 bridgehead atoms. The van der Waals surface area contributed by atoms with Crippen molar-refractivity contribution in [1.29, 1.82) is 0 Å². The number of ether oxygens (including phenoxy) is 1. The summed E-state index contributed by atoms with van der Waals surface area (Å²) in [6, 6.07) is 0.866. The van der Waals surface area contributed by atoms with Crippen molar-refractivity contribution in [1.82, 2.24) is 10.2 Å². The molecule has 17 heavy (non-hydrogen) atoms. The van der Waals surface area contributed by atoms with Crippen LogP contribution in [0.2, 0.25) is 0 Å². The lowest BCUT2D eigenvalue weighted by molar-refractivity contribution is -0.123. The number of carbonyl (C=O) groups is 1. The van der Waals surface area contributed by atoms with Gasteiger partial charge in [0.15, 0.2) is 0 Å². The van der Waals surface area contributed by atoms with E-state index in [4.69, 9.17) is 10.5 Å². The summed E-state index contributed by atoms with van der Waals surface area (Å²) in [5.41, 5.74) is 5.29. The number of hydrogen-bond donors (Lipinski definition) is 2. The third-order valence-electron chi connectivity index (χ3n) is 3.31. The average Bonchev–Trinajstić information content (AvgIpc) is 2.30. The average molecular weight is 243 g/mol. The molecule has 1 amide bonds. The topological polar surface area (TPSA) is 67.6 Å². The Labute approximate surface area is 104 Å². The molecule has 0 aromatic rings. The van der Waals surface area contributed by atoms with Gasteiger partial charge in [-0.15, -0.1) is 0 Å². The maximum Gasteiger partial charge on any atom is 0.222 e. The fraction of sp³-hybridized carbons (Fsp3) is 0.917. The number of nitrogens with zero attached hydrogens (tertiary/aromatic N) is 1. The molecule has 0 aromatic carbocycles. The van der Waals surface area contributed by atoms with Crippen LogP contribution in [0.25, 0.3) is 0 Å². The summed E-state index contributed by atoms with van der Waals surface area (Å²) in [5, 5.41) is 3.07. The number of nitrogens with two attached hydrogens (primary N) is 1. The predicted octanol–water partition coefficient (Wildman–Crippen LogP) is -0.0493. The van der Waals surface area contributed by atoms with Crippen molar-refractivity contribution in [2.24, 2.45) is 5.73 Å². The highest BCUT2D eigenvalue weighted by Gasteiger charge is 2.23. The molecule has 0 aliphatic carbocycles. The molecule has 1 fully saturated rings. The van der Waals surface area contributed by atoms with Gasteiger partial charge in [-0.2, -0.15) is 0 Å². The molecule has 2 unspecified atom stereocenters. The van der Waals surface area contributed by atoms with Gasteiger partial charge < -0.3 is 20.7 Å². The summed E-state index contributed by atoms with van der Waals surface area (Å²) < 4.78 is 5.19. The number of amides is 1. The second kappa shape index (κ2) is 7.63. The van der Waals surface area contributed by atoms with E-state index in [2.05, 4.69) is 24.2 Å². The third-order valence-corrected chi connectivity index (χ3v) is 3.31. The third kappa shape index (κ3) is 5.48. The molecule has 1 heterocycles. The monoisotopic (exact) mass is 243 g/mol. The van der Waals surface area contributed by atoms with E-state index in [0.717, 1.165) is 19.4 Å². The van der Waals surface area contributed by atoms with Gasteiger partial charge in [-0.05, 0) is 26.8 Å². The molecule has 0 spiro atoms. The Balaban J connectivity index is 2.14. The summed E-state index contributed by atoms with van der Waals surface area (Å²) in [7, 11) is 2.13. The van der Waals surface area contributed by atoms with Crippen LogP contribution in [0.15, 0.2) is 0 Å². The number of carbonyl (C=O) groups excluding carboxylic acids is 1. The van der Waals surface area contributed by atoms with Crippen molar-refractivity contribution in [3.8, 4) is 0 Å². The Bertz CT molecular complexity index is 236. The Kier molecular flexibility index (Phi) is 6.47. The molecule has 3 N–H and O–H groups in total. The molecule has 0 saturated carbocycles. The normalized spacial score (nSPS) is 25.8. The van der Waals surface area contributed by atoms with Gasteiger partial charge in [0.2, 0.25) is 5.91 Å². The van der Waals surface area contributed by atoms with Crippen molar-refractivity contribution in [2.45, 2.75) is 38.3 Å². The van der Waals surface area contributed by atoms with Crippen LogP contribution in [0.1, 0.15) is 26.2 Å². The predicted molar refractivity (Wildman–Crippen MR) is 67.7 cm³/mol. The largest absolute Gasteiger partial charge is 0.380 e. The van der Waals surface area contributed by atoms with E-state index in [1.165, 1.54) is 0 Å². The first-order chi connectivity index (χ1) is 8.13. The number of nitrogens with one attached hydrogen (secondary N) is 1. The van der Waals surface area contributed by atoms with E-state index in [9.17, 15) is 4.79 Å². The quantitative estimate of drug-likeness (QED) is 0.642. The number of likely N-dealkylation sites (tertiary alicyclic amines) is 1. The molecule has 5 heteroatoms. The van der Waals surface area contributed by atoms with E-state index >= 15 is 0 Å². The van der Waals surface area contributed by atoms with Gasteiger partial charge in [0, 0.05) is 31.6 Å². The van der Waals surface area contributed by atoms with E-state index in [0.29, 0.717) is 38.3 Å². The Morgan fingerprint density at radius 2 is 2.29 bits per heavy atom. The Morgan fingerprint density at radius 3 is 2.94 bits per heavy atom. The molecule has 1 rings (SSSR count). The van der Waals surface area contributed by atoms with Gasteiger partial charge in [-0.1, -0.05) is 0 Å². The van der Waals surface area contributed by atoms with E-state index in [-0.39, 0.29) is 5.91 Å². The first kappa shape index (κ1) is 14.4. The van der Waals surface area contributed by atoms with Gasteiger partial charge in [0.25, 0.3) is 0 Å². The Morgan fingerprint density at radius 1 is 1.53 bits per heavy atom. The lowest BCUT2D eigenvalue weighted by atomic mass is 9.99. The zero-order chi connectivity index (χ0) is 12.7. The molecule has 0 aromatic heterocycles. The molecule has 2 atom stereocenters. The highest BCUT2D eigenvalue weighted by atomic mass is 16.5. The van der Waals surface area contributed by atoms with Crippen LogP contribution in [0.3, 0.4) is 0 Å². The minimum Gasteiger partial charge on any atom is -0.380 e. The van der Waals surface area contributed by atoms with E-state index < -0.39 is 0 Å². The fourth-order valence-corrected chi connectivity index (χ4v) is 2.07. The van der Waals surface area contributed by atoms with Crippen LogP contribution in [-0.4, -0.2) is 56.2 Å². The van der Waals surface area contributed by atoms with Crippen LogP contribution in [0, 0.1) is 0 Å². The smallest absolute Gasteiger partial charge is 0.222 e. The molecule has 100 valence electrons. The summed E-state index contributed by atoms with van der Waals surface area (Å²) in [6.45, 7) is 4.75. The Hall–Kier alpha value is -0.650. The molecule has 5 nitrogen and oxygen atoms in total. The first-order valence-corrected chi connectivity index (χ1v) is 6.41. The highest BCUT2D eigenvalue weighted by Crippen LogP contribution is 2.15. The lowest BCUT2D eigenvalue weighted by Crippen LogP contribution is -2.47. The maximum absolute atomic E-state index is 11.6. The highest BCUT2D eigenvalue weighted by molar-refractivity contribution is 5.76. The van der Waals surface area contributed by atoms with E-state index in [1.807, 2.05) is 0 Å². The van der Waals surface area contributed by atoms with Crippen molar-refractivity contribution in [3.63, 3.8) is 0 Å². The lowest BCUT2D eigenvalue weighted by Gasteiger charge is -2.35. The minimum absolute atomic E-state index is 0.0868. The van der Waals surface area contributed by atoms with Crippen LogP contribution < -0.4 is 11.1 Å². The number of piperidine rings is 1. The second-order valence-corrected chi connectivity index (χ2v) is 4.77. The van der Waals surface area contributed by atoms with Crippen molar-refractivity contribution in [2.75, 3.05) is 33.4 Å². The molecule has 0 radical (unpaired) electrons. The summed E-state index contributed by atoms with van der Waals surface area (Å²) >= 11 is 0. The van der Waals surface area contributed by atoms with Crippen molar-refractivity contribution in [3.05, 3.63) is 0 Å². The first-order valence-electron chi connectivity index (χ1n) is 6.41. The zero-order valence-corrected chi connectivity index (χ0v) is 10.9. The molecule has 1 aliphatic rings. The second-order valence-electron chi connectivity index (χ2n) is 4.77. The van der Waals surface area contributed by atoms with Gasteiger partial charge in [0.05, 0.1) is 13.2 Å². The molecular weight excluding hydrogens is 218 g/mol. The minimum atomic E-state index is 0.0868. The van der Waals surface area contributed by atoms with Gasteiger partial charge in [0.1, 0.15) is 0 Å². The maximum atomic E-state index is 11.6. The van der Waals surface area contributed by atoms with Crippen molar-refractivity contribution >= 4 is 5.91 Å². The van der Waals surface area contributed by atoms with Crippen LogP contribution in [0.4, 0.5) is 0 Å². The summed E-state index contributed by atoms with van der Waals surface area (Å²) in [5.74, 6) is 0.0868. The number of hydrogen-bond acceptors (Lipinski definition) is 4.